The molecule has 3 aromatic rings. The Balaban J connectivity index is 1.55. The standard InChI is InChI=1S/C39H56F3N3O4/c1-8-29-24-31(49-27-38(5,6)36(46)47-7)19-20-32(29)33-21-18-30(25-43-33)35-44-34(39(40,41)42)26-45(35)28-48-23-17-15-13-11-9-10-12-14-16-22-37(2,3)4/h18-21,24-26H,8-17,22-23,27-28H2,1-7H3. The van der Waals surface area contributed by atoms with E-state index in [0.29, 0.717) is 35.4 Å². The Labute approximate surface area is 291 Å². The highest BCUT2D eigenvalue weighted by Gasteiger charge is 2.35. The topological polar surface area (TPSA) is 75.5 Å². The number of ether oxygens (including phenoxy) is 3. The summed E-state index contributed by atoms with van der Waals surface area (Å²) in [7, 11) is 1.35. The number of alkyl halides is 3. The van der Waals surface area contributed by atoms with Crippen molar-refractivity contribution in [3.05, 3.63) is 54.0 Å². The lowest BCUT2D eigenvalue weighted by molar-refractivity contribution is -0.152. The largest absolute Gasteiger partial charge is 0.492 e. The number of rotatable bonds is 20. The first-order chi connectivity index (χ1) is 23.1. The van der Waals surface area contributed by atoms with Crippen molar-refractivity contribution in [2.75, 3.05) is 20.3 Å². The number of imidazole rings is 1. The number of aromatic nitrogens is 3. The van der Waals surface area contributed by atoms with Crippen molar-refractivity contribution < 1.29 is 32.2 Å². The highest BCUT2D eigenvalue weighted by Crippen LogP contribution is 2.33. The van der Waals surface area contributed by atoms with Gasteiger partial charge in [0.05, 0.1) is 18.2 Å². The number of carbonyl (C=O) groups is 1. The Morgan fingerprint density at radius 2 is 1.53 bits per heavy atom. The average Bonchev–Trinajstić information content (AvgIpc) is 3.50. The van der Waals surface area contributed by atoms with Crippen LogP contribution in [-0.2, 0) is 33.6 Å². The van der Waals surface area contributed by atoms with Crippen LogP contribution in [0.4, 0.5) is 13.2 Å². The van der Waals surface area contributed by atoms with E-state index in [4.69, 9.17) is 14.2 Å². The van der Waals surface area contributed by atoms with Crippen molar-refractivity contribution in [3.63, 3.8) is 0 Å². The molecule has 0 unspecified atom stereocenters. The maximum absolute atomic E-state index is 13.6. The molecule has 0 aliphatic rings. The normalized spacial score (nSPS) is 12.4. The molecule has 0 atom stereocenters. The Morgan fingerprint density at radius 3 is 2.10 bits per heavy atom. The number of carbonyl (C=O) groups excluding carboxylic acids is 1. The quantitative estimate of drug-likeness (QED) is 0.0869. The van der Waals surface area contributed by atoms with E-state index in [2.05, 4.69) is 30.7 Å². The lowest BCUT2D eigenvalue weighted by Crippen LogP contribution is -2.32. The van der Waals surface area contributed by atoms with Crippen LogP contribution in [0.2, 0.25) is 0 Å². The number of hydrogen-bond donors (Lipinski definition) is 0. The summed E-state index contributed by atoms with van der Waals surface area (Å²) < 4.78 is 58.9. The van der Waals surface area contributed by atoms with Crippen LogP contribution < -0.4 is 4.74 Å². The predicted octanol–water partition coefficient (Wildman–Crippen LogP) is 10.7. The maximum Gasteiger partial charge on any atom is 0.434 e. The lowest BCUT2D eigenvalue weighted by Gasteiger charge is -2.22. The van der Waals surface area contributed by atoms with E-state index in [1.807, 2.05) is 25.1 Å². The molecule has 0 bridgehead atoms. The van der Waals surface area contributed by atoms with Crippen LogP contribution in [0, 0.1) is 10.8 Å². The second kappa shape index (κ2) is 18.6. The van der Waals surface area contributed by atoms with Crippen molar-refractivity contribution in [2.45, 2.75) is 125 Å². The number of nitrogens with zero attached hydrogens (tertiary/aromatic N) is 3. The molecule has 49 heavy (non-hydrogen) atoms. The molecular weight excluding hydrogens is 631 g/mol. The van der Waals surface area contributed by atoms with Crippen LogP contribution in [0.3, 0.4) is 0 Å². The fourth-order valence-corrected chi connectivity index (χ4v) is 5.63. The fourth-order valence-electron chi connectivity index (χ4n) is 5.63. The second-order valence-electron chi connectivity index (χ2n) is 14.7. The predicted molar refractivity (Wildman–Crippen MR) is 188 cm³/mol. The molecule has 0 amide bonds. The fraction of sp³-hybridized carbons (Fsp3) is 0.615. The van der Waals surface area contributed by atoms with Crippen LogP contribution in [0.5, 0.6) is 5.75 Å². The molecule has 0 aliphatic heterocycles. The van der Waals surface area contributed by atoms with Crippen molar-refractivity contribution >= 4 is 5.97 Å². The van der Waals surface area contributed by atoms with Crippen molar-refractivity contribution in [1.29, 1.82) is 0 Å². The smallest absolute Gasteiger partial charge is 0.434 e. The highest BCUT2D eigenvalue weighted by atomic mass is 19.4. The minimum Gasteiger partial charge on any atom is -0.492 e. The molecule has 0 saturated carbocycles. The van der Waals surface area contributed by atoms with Gasteiger partial charge in [0, 0.05) is 30.1 Å². The van der Waals surface area contributed by atoms with E-state index in [1.165, 1.54) is 56.6 Å². The molecule has 2 heterocycles. The molecule has 0 spiro atoms. The number of unbranched alkanes of at least 4 members (excludes halogenated alkanes) is 8. The van der Waals surface area contributed by atoms with Crippen LogP contribution in [0.1, 0.15) is 117 Å². The van der Waals surface area contributed by atoms with E-state index in [9.17, 15) is 18.0 Å². The highest BCUT2D eigenvalue weighted by molar-refractivity contribution is 5.76. The van der Waals surface area contributed by atoms with Gasteiger partial charge in [0.1, 0.15) is 24.9 Å². The summed E-state index contributed by atoms with van der Waals surface area (Å²) in [5.74, 6) is 0.419. The van der Waals surface area contributed by atoms with E-state index < -0.39 is 17.3 Å². The minimum atomic E-state index is -4.58. The third-order valence-corrected chi connectivity index (χ3v) is 8.61. The van der Waals surface area contributed by atoms with Crippen molar-refractivity contribution in [1.82, 2.24) is 14.5 Å². The lowest BCUT2D eigenvalue weighted by atomic mass is 9.89. The van der Waals surface area contributed by atoms with E-state index in [0.717, 1.165) is 36.6 Å². The van der Waals surface area contributed by atoms with Gasteiger partial charge in [0.15, 0.2) is 5.69 Å². The molecule has 0 N–H and O–H groups in total. The summed E-state index contributed by atoms with van der Waals surface area (Å²) in [5.41, 5.74) is 1.65. The van der Waals surface area contributed by atoms with Gasteiger partial charge in [-0.3, -0.25) is 9.78 Å². The van der Waals surface area contributed by atoms with Crippen LogP contribution in [-0.4, -0.2) is 40.8 Å². The number of aryl methyl sites for hydroxylation is 1. The third-order valence-electron chi connectivity index (χ3n) is 8.61. The number of pyridine rings is 1. The summed E-state index contributed by atoms with van der Waals surface area (Å²) in [6.07, 6.45) is 10.6. The van der Waals surface area contributed by atoms with Gasteiger partial charge >= 0.3 is 12.1 Å². The summed E-state index contributed by atoms with van der Waals surface area (Å²) in [6.45, 7) is 13.0. The first kappa shape index (κ1) is 40.0. The Bertz CT molecular complexity index is 1440. The van der Waals surface area contributed by atoms with Gasteiger partial charge in [0.25, 0.3) is 0 Å². The molecule has 0 aliphatic carbocycles. The Kier molecular flexibility index (Phi) is 15.2. The SMILES string of the molecule is CCc1cc(OCC(C)(C)C(=O)OC)ccc1-c1ccc(-c2nc(C(F)(F)F)cn2COCCCCCCCCCCCC(C)(C)C)cn1. The van der Waals surface area contributed by atoms with Crippen molar-refractivity contribution in [2.24, 2.45) is 10.8 Å². The van der Waals surface area contributed by atoms with E-state index in [-0.39, 0.29) is 25.1 Å². The molecule has 10 heteroatoms. The summed E-state index contributed by atoms with van der Waals surface area (Å²) in [6, 6.07) is 9.13. The van der Waals surface area contributed by atoms with Gasteiger partial charge in [-0.05, 0) is 74.4 Å². The van der Waals surface area contributed by atoms with Crippen LogP contribution in [0.15, 0.2) is 42.7 Å². The number of benzene rings is 1. The Morgan fingerprint density at radius 1 is 0.878 bits per heavy atom. The summed E-state index contributed by atoms with van der Waals surface area (Å²) >= 11 is 0. The molecule has 7 nitrogen and oxygen atoms in total. The maximum atomic E-state index is 13.6. The number of halogens is 3. The van der Waals surface area contributed by atoms with Gasteiger partial charge < -0.3 is 18.8 Å². The minimum absolute atomic E-state index is 0.0248. The molecular formula is C39H56F3N3O4. The summed E-state index contributed by atoms with van der Waals surface area (Å²) in [5, 5.41) is 0. The zero-order valence-electron chi connectivity index (χ0n) is 30.5. The molecule has 3 rings (SSSR count). The molecule has 1 aromatic carbocycles. The zero-order valence-corrected chi connectivity index (χ0v) is 30.5. The monoisotopic (exact) mass is 687 g/mol. The number of methoxy groups -OCH3 is 1. The van der Waals surface area contributed by atoms with Crippen LogP contribution in [0.25, 0.3) is 22.6 Å². The van der Waals surface area contributed by atoms with Crippen LogP contribution >= 0.6 is 0 Å². The second-order valence-corrected chi connectivity index (χ2v) is 14.7. The van der Waals surface area contributed by atoms with Gasteiger partial charge in [0.2, 0.25) is 0 Å². The third kappa shape index (κ3) is 13.1. The molecule has 2 aromatic heterocycles. The first-order valence-corrected chi connectivity index (χ1v) is 17.7. The summed E-state index contributed by atoms with van der Waals surface area (Å²) in [4.78, 5) is 20.5. The Hall–Kier alpha value is -3.40. The number of hydrogen-bond acceptors (Lipinski definition) is 6. The van der Waals surface area contributed by atoms with E-state index >= 15 is 0 Å². The molecule has 0 radical (unpaired) electrons. The van der Waals surface area contributed by atoms with Crippen molar-refractivity contribution in [3.8, 4) is 28.4 Å². The number of esters is 1. The van der Waals surface area contributed by atoms with Gasteiger partial charge in [-0.15, -0.1) is 0 Å². The first-order valence-electron chi connectivity index (χ1n) is 17.7. The molecule has 0 saturated heterocycles. The van der Waals surface area contributed by atoms with E-state index in [1.54, 1.807) is 32.2 Å². The van der Waals surface area contributed by atoms with Gasteiger partial charge in [-0.25, -0.2) is 4.98 Å². The molecule has 0 fully saturated rings. The zero-order chi connectivity index (χ0) is 36.1. The van der Waals surface area contributed by atoms with Gasteiger partial charge in [-0.2, -0.15) is 13.2 Å². The van der Waals surface area contributed by atoms with Gasteiger partial charge in [-0.1, -0.05) is 79.1 Å². The average molecular weight is 688 g/mol. The molecule has 272 valence electrons.